The van der Waals surface area contributed by atoms with Gasteiger partial charge in [-0.05, 0) is 43.5 Å². The fraction of sp³-hybridized carbons (Fsp3) is 0.455. The molecule has 16 heavy (non-hydrogen) atoms. The summed E-state index contributed by atoms with van der Waals surface area (Å²) in [5.74, 6) is 0. The second kappa shape index (κ2) is 4.13. The van der Waals surface area contributed by atoms with Crippen LogP contribution in [0.15, 0.2) is 27.6 Å². The van der Waals surface area contributed by atoms with Gasteiger partial charge in [-0.3, -0.25) is 0 Å². The lowest BCUT2D eigenvalue weighted by molar-refractivity contribution is 0.183. The third-order valence-electron chi connectivity index (χ3n) is 2.82. The molecule has 1 aliphatic heterocycles. The van der Waals surface area contributed by atoms with Crippen LogP contribution in [0.25, 0.3) is 0 Å². The van der Waals surface area contributed by atoms with Gasteiger partial charge in [-0.2, -0.15) is 0 Å². The fourth-order valence-electron chi connectivity index (χ4n) is 2.11. The zero-order valence-corrected chi connectivity index (χ0v) is 11.3. The first kappa shape index (κ1) is 12.1. The first-order valence-corrected chi connectivity index (χ1v) is 7.45. The number of aliphatic hydroxyl groups excluding tert-OH is 1. The summed E-state index contributed by atoms with van der Waals surface area (Å²) in [5, 5.41) is 8.83. The molecule has 1 aromatic rings. The van der Waals surface area contributed by atoms with Crippen molar-refractivity contribution in [1.82, 2.24) is 0 Å². The minimum Gasteiger partial charge on any atom is -0.393 e. The Morgan fingerprint density at radius 2 is 2.25 bits per heavy atom. The molecule has 0 fully saturated rings. The Hall–Kier alpha value is -0.390. The van der Waals surface area contributed by atoms with E-state index in [1.165, 1.54) is 0 Å². The van der Waals surface area contributed by atoms with E-state index in [2.05, 4.69) is 15.9 Å². The van der Waals surface area contributed by atoms with Crippen molar-refractivity contribution in [3.8, 4) is 0 Å². The summed E-state index contributed by atoms with van der Waals surface area (Å²) in [6.07, 6.45) is 0.217. The molecule has 1 N–H and O–H groups in total. The molecule has 1 aliphatic rings. The minimum absolute atomic E-state index is 0.300. The van der Waals surface area contributed by atoms with Gasteiger partial charge in [0.05, 0.1) is 16.2 Å². The van der Waals surface area contributed by atoms with Crippen molar-refractivity contribution in [2.45, 2.75) is 36.0 Å². The molecule has 0 saturated carbocycles. The third kappa shape index (κ3) is 2.04. The Labute approximate surface area is 104 Å². The van der Waals surface area contributed by atoms with Crippen molar-refractivity contribution in [1.29, 1.82) is 0 Å². The minimum atomic E-state index is -3.24. The SMILES string of the molecule is CC(O)CC1Cc2cc(Br)ccc2S1(=O)=O. The second-order valence-electron chi connectivity index (χ2n) is 4.21. The van der Waals surface area contributed by atoms with Crippen LogP contribution in [0.3, 0.4) is 0 Å². The highest BCUT2D eigenvalue weighted by atomic mass is 79.9. The molecule has 0 radical (unpaired) electrons. The lowest BCUT2D eigenvalue weighted by Gasteiger charge is -2.10. The summed E-state index contributed by atoms with van der Waals surface area (Å²) < 4.78 is 25.1. The van der Waals surface area contributed by atoms with Gasteiger partial charge in [0, 0.05) is 4.47 Å². The van der Waals surface area contributed by atoms with Crippen LogP contribution >= 0.6 is 15.9 Å². The van der Waals surface area contributed by atoms with Gasteiger partial charge in [-0.1, -0.05) is 15.9 Å². The van der Waals surface area contributed by atoms with E-state index < -0.39 is 21.2 Å². The van der Waals surface area contributed by atoms with Crippen molar-refractivity contribution in [3.05, 3.63) is 28.2 Å². The standard InChI is InChI=1S/C11H13BrO3S/c1-7(13)4-10-6-8-5-9(12)2-3-11(8)16(10,14)15/h2-3,5,7,10,13H,4,6H2,1H3. The van der Waals surface area contributed by atoms with Crippen LogP contribution in [0.2, 0.25) is 0 Å². The van der Waals surface area contributed by atoms with Crippen molar-refractivity contribution in [2.24, 2.45) is 0 Å². The van der Waals surface area contributed by atoms with Crippen LogP contribution < -0.4 is 0 Å². The van der Waals surface area contributed by atoms with E-state index in [1.54, 1.807) is 19.1 Å². The molecule has 0 bridgehead atoms. The Kier molecular flexibility index (Phi) is 3.11. The summed E-state index contributed by atoms with van der Waals surface area (Å²) in [4.78, 5) is 0.418. The maximum atomic E-state index is 12.1. The van der Waals surface area contributed by atoms with Crippen molar-refractivity contribution in [3.63, 3.8) is 0 Å². The van der Waals surface area contributed by atoms with E-state index in [1.807, 2.05) is 6.07 Å². The average molecular weight is 305 g/mol. The molecule has 88 valence electrons. The van der Waals surface area contributed by atoms with Crippen molar-refractivity contribution < 1.29 is 13.5 Å². The van der Waals surface area contributed by atoms with E-state index in [9.17, 15) is 13.5 Å². The largest absolute Gasteiger partial charge is 0.393 e. The molecule has 1 aromatic carbocycles. The van der Waals surface area contributed by atoms with Gasteiger partial charge in [-0.25, -0.2) is 8.42 Å². The summed E-state index contributed by atoms with van der Waals surface area (Å²) in [5.41, 5.74) is 0.847. The number of fused-ring (bicyclic) bond motifs is 1. The molecule has 0 aromatic heterocycles. The van der Waals surface area contributed by atoms with E-state index in [4.69, 9.17) is 0 Å². The van der Waals surface area contributed by atoms with Crippen LogP contribution in [0.4, 0.5) is 0 Å². The van der Waals surface area contributed by atoms with Crippen molar-refractivity contribution in [2.75, 3.05) is 0 Å². The molecule has 3 nitrogen and oxygen atoms in total. The summed E-state index contributed by atoms with van der Waals surface area (Å²) in [6.45, 7) is 1.62. The third-order valence-corrected chi connectivity index (χ3v) is 5.56. The lowest BCUT2D eigenvalue weighted by atomic mass is 10.1. The highest BCUT2D eigenvalue weighted by Gasteiger charge is 2.37. The number of hydrogen-bond acceptors (Lipinski definition) is 3. The molecule has 2 rings (SSSR count). The molecule has 2 unspecified atom stereocenters. The van der Waals surface area contributed by atoms with Crippen molar-refractivity contribution >= 4 is 25.8 Å². The molecule has 0 amide bonds. The molecule has 2 atom stereocenters. The number of halogens is 1. The fourth-order valence-corrected chi connectivity index (χ4v) is 4.57. The first-order valence-electron chi connectivity index (χ1n) is 5.11. The van der Waals surface area contributed by atoms with Crippen LogP contribution in [0.1, 0.15) is 18.9 Å². The number of benzene rings is 1. The predicted molar refractivity (Wildman–Crippen MR) is 65.1 cm³/mol. The second-order valence-corrected chi connectivity index (χ2v) is 7.32. The van der Waals surface area contributed by atoms with Gasteiger partial charge >= 0.3 is 0 Å². The molecule has 1 heterocycles. The Morgan fingerprint density at radius 3 is 2.88 bits per heavy atom. The highest BCUT2D eigenvalue weighted by Crippen LogP contribution is 2.34. The quantitative estimate of drug-likeness (QED) is 0.908. The zero-order chi connectivity index (χ0) is 11.9. The number of rotatable bonds is 2. The van der Waals surface area contributed by atoms with Gasteiger partial charge in [0.15, 0.2) is 9.84 Å². The van der Waals surface area contributed by atoms with Crippen LogP contribution in [-0.4, -0.2) is 24.9 Å². The molecule has 0 aliphatic carbocycles. The Balaban J connectivity index is 2.42. The molecule has 0 saturated heterocycles. The predicted octanol–water partition coefficient (Wildman–Crippen LogP) is 1.92. The van der Waals surface area contributed by atoms with E-state index in [0.29, 0.717) is 17.7 Å². The monoisotopic (exact) mass is 304 g/mol. The Morgan fingerprint density at radius 1 is 1.56 bits per heavy atom. The molecule has 5 heteroatoms. The molecular weight excluding hydrogens is 292 g/mol. The summed E-state index contributed by atoms with van der Waals surface area (Å²) >= 11 is 3.33. The van der Waals surface area contributed by atoms with Crippen LogP contribution in [0.5, 0.6) is 0 Å². The molecular formula is C11H13BrO3S. The number of sulfone groups is 1. The average Bonchev–Trinajstić information content (AvgIpc) is 2.37. The molecule has 0 spiro atoms. The van der Waals surface area contributed by atoms with Gasteiger partial charge in [0.1, 0.15) is 0 Å². The van der Waals surface area contributed by atoms with Gasteiger partial charge in [-0.15, -0.1) is 0 Å². The summed E-state index contributed by atoms with van der Waals surface area (Å²) in [6, 6.07) is 5.22. The number of hydrogen-bond donors (Lipinski definition) is 1. The van der Waals surface area contributed by atoms with Gasteiger partial charge in [0.2, 0.25) is 0 Å². The normalized spacial score (nSPS) is 24.1. The van der Waals surface area contributed by atoms with E-state index in [0.717, 1.165) is 10.0 Å². The first-order chi connectivity index (χ1) is 7.41. The maximum Gasteiger partial charge on any atom is 0.181 e. The zero-order valence-electron chi connectivity index (χ0n) is 8.85. The summed E-state index contributed by atoms with van der Waals surface area (Å²) in [7, 11) is -3.24. The topological polar surface area (TPSA) is 54.4 Å². The lowest BCUT2D eigenvalue weighted by Crippen LogP contribution is -2.22. The van der Waals surface area contributed by atoms with E-state index >= 15 is 0 Å². The maximum absolute atomic E-state index is 12.1. The Bertz CT molecular complexity index is 508. The van der Waals surface area contributed by atoms with Crippen LogP contribution in [0, 0.1) is 0 Å². The number of aliphatic hydroxyl groups is 1. The van der Waals surface area contributed by atoms with Crippen LogP contribution in [-0.2, 0) is 16.3 Å². The smallest absolute Gasteiger partial charge is 0.181 e. The van der Waals surface area contributed by atoms with Gasteiger partial charge in [0.25, 0.3) is 0 Å². The van der Waals surface area contributed by atoms with E-state index in [-0.39, 0.29) is 0 Å². The highest BCUT2D eigenvalue weighted by molar-refractivity contribution is 9.10. The van der Waals surface area contributed by atoms with Gasteiger partial charge < -0.3 is 5.11 Å².